The third-order valence-corrected chi connectivity index (χ3v) is 2.24. The number of amides is 1. The van der Waals surface area contributed by atoms with Crippen molar-refractivity contribution in [1.82, 2.24) is 9.78 Å². The van der Waals surface area contributed by atoms with Crippen molar-refractivity contribution in [2.24, 2.45) is 12.8 Å². The molecule has 14 heavy (non-hydrogen) atoms. The highest BCUT2D eigenvalue weighted by Crippen LogP contribution is 2.18. The molecule has 4 heteroatoms. The molecule has 72 valence electrons. The van der Waals surface area contributed by atoms with Crippen molar-refractivity contribution >= 4 is 16.8 Å². The molecule has 2 aromatic rings. The minimum Gasteiger partial charge on any atom is -0.364 e. The molecule has 2 N–H and O–H groups in total. The molecule has 0 saturated carbocycles. The molecular weight excluding hydrogens is 178 g/mol. The fourth-order valence-electron chi connectivity index (χ4n) is 1.56. The summed E-state index contributed by atoms with van der Waals surface area (Å²) in [6, 6.07) is 5.83. The number of aromatic nitrogens is 2. The molecule has 0 atom stereocenters. The average Bonchev–Trinajstić information content (AvgIpc) is 2.43. The van der Waals surface area contributed by atoms with Crippen LogP contribution in [0.1, 0.15) is 16.1 Å². The zero-order valence-corrected chi connectivity index (χ0v) is 8.11. The Balaban J connectivity index is 2.85. The zero-order chi connectivity index (χ0) is 10.3. The third kappa shape index (κ3) is 1.16. The first kappa shape index (κ1) is 8.74. The van der Waals surface area contributed by atoms with Gasteiger partial charge in [-0.1, -0.05) is 11.6 Å². The van der Waals surface area contributed by atoms with Crippen LogP contribution in [0.4, 0.5) is 0 Å². The Kier molecular flexibility index (Phi) is 1.77. The summed E-state index contributed by atoms with van der Waals surface area (Å²) >= 11 is 0. The maximum atomic E-state index is 11.1. The van der Waals surface area contributed by atoms with Crippen LogP contribution in [0, 0.1) is 6.92 Å². The predicted octanol–water partition coefficient (Wildman–Crippen LogP) is 0.981. The summed E-state index contributed by atoms with van der Waals surface area (Å²) in [5.74, 6) is -0.485. The van der Waals surface area contributed by atoms with Crippen molar-refractivity contribution in [3.63, 3.8) is 0 Å². The van der Waals surface area contributed by atoms with Gasteiger partial charge in [0, 0.05) is 12.4 Å². The van der Waals surface area contributed by atoms with Crippen LogP contribution in [-0.4, -0.2) is 15.7 Å². The Morgan fingerprint density at radius 2 is 2.21 bits per heavy atom. The lowest BCUT2D eigenvalue weighted by molar-refractivity contribution is 0.0996. The summed E-state index contributed by atoms with van der Waals surface area (Å²) in [6.07, 6.45) is 0. The average molecular weight is 189 g/mol. The number of fused-ring (bicyclic) bond motifs is 1. The molecule has 2 rings (SSSR count). The topological polar surface area (TPSA) is 60.9 Å². The van der Waals surface area contributed by atoms with Crippen LogP contribution in [0.5, 0.6) is 0 Å². The number of hydrogen-bond acceptors (Lipinski definition) is 2. The van der Waals surface area contributed by atoms with Crippen LogP contribution in [0.2, 0.25) is 0 Å². The molecule has 0 aliphatic carbocycles. The van der Waals surface area contributed by atoms with Gasteiger partial charge in [0.25, 0.3) is 5.91 Å². The van der Waals surface area contributed by atoms with Crippen LogP contribution in [0.3, 0.4) is 0 Å². The predicted molar refractivity (Wildman–Crippen MR) is 54.0 cm³/mol. The van der Waals surface area contributed by atoms with E-state index in [2.05, 4.69) is 5.10 Å². The number of carbonyl (C=O) groups excluding carboxylic acids is 1. The molecule has 0 bridgehead atoms. The smallest absolute Gasteiger partial charge is 0.269 e. The Labute approximate surface area is 81.3 Å². The molecule has 4 nitrogen and oxygen atoms in total. The first-order chi connectivity index (χ1) is 6.59. The molecule has 1 amide bonds. The molecule has 0 aliphatic rings. The van der Waals surface area contributed by atoms with E-state index in [1.807, 2.05) is 25.1 Å². The first-order valence-electron chi connectivity index (χ1n) is 4.33. The first-order valence-corrected chi connectivity index (χ1v) is 4.33. The molecule has 1 heterocycles. The van der Waals surface area contributed by atoms with Gasteiger partial charge >= 0.3 is 0 Å². The second kappa shape index (κ2) is 2.83. The van der Waals surface area contributed by atoms with Gasteiger partial charge in [-0.2, -0.15) is 5.10 Å². The Morgan fingerprint density at radius 3 is 2.86 bits per heavy atom. The van der Waals surface area contributed by atoms with Gasteiger partial charge in [0.15, 0.2) is 5.69 Å². The minimum absolute atomic E-state index is 0.339. The number of primary amides is 1. The van der Waals surface area contributed by atoms with Gasteiger partial charge in [-0.15, -0.1) is 0 Å². The molecule has 0 radical (unpaired) electrons. The summed E-state index contributed by atoms with van der Waals surface area (Å²) in [5.41, 5.74) is 7.58. The lowest BCUT2D eigenvalue weighted by Crippen LogP contribution is -2.12. The van der Waals surface area contributed by atoms with Crippen LogP contribution >= 0.6 is 0 Å². The second-order valence-corrected chi connectivity index (χ2v) is 3.36. The largest absolute Gasteiger partial charge is 0.364 e. The number of benzene rings is 1. The molecule has 1 aromatic carbocycles. The van der Waals surface area contributed by atoms with Crippen LogP contribution in [0.25, 0.3) is 10.9 Å². The van der Waals surface area contributed by atoms with E-state index in [1.54, 1.807) is 11.7 Å². The molecule has 0 aliphatic heterocycles. The number of nitrogens with zero attached hydrogens (tertiary/aromatic N) is 2. The van der Waals surface area contributed by atoms with Crippen molar-refractivity contribution in [1.29, 1.82) is 0 Å². The van der Waals surface area contributed by atoms with E-state index in [-0.39, 0.29) is 0 Å². The quantitative estimate of drug-likeness (QED) is 0.726. The number of nitrogens with two attached hydrogens (primary N) is 1. The molecule has 0 unspecified atom stereocenters. The molecule has 1 aromatic heterocycles. The highest BCUT2D eigenvalue weighted by atomic mass is 16.1. The number of rotatable bonds is 1. The fourth-order valence-corrected chi connectivity index (χ4v) is 1.56. The van der Waals surface area contributed by atoms with Gasteiger partial charge in [-0.3, -0.25) is 9.48 Å². The lowest BCUT2D eigenvalue weighted by atomic mass is 10.1. The lowest BCUT2D eigenvalue weighted by Gasteiger charge is -1.94. The number of aryl methyl sites for hydroxylation is 2. The number of carbonyl (C=O) groups is 1. The summed E-state index contributed by atoms with van der Waals surface area (Å²) in [4.78, 5) is 11.1. The number of hydrogen-bond donors (Lipinski definition) is 1. The third-order valence-electron chi connectivity index (χ3n) is 2.24. The van der Waals surface area contributed by atoms with E-state index in [0.717, 1.165) is 16.5 Å². The van der Waals surface area contributed by atoms with Gasteiger partial charge in [0.1, 0.15) is 0 Å². The van der Waals surface area contributed by atoms with Crippen molar-refractivity contribution in [3.8, 4) is 0 Å². The molecular formula is C10H11N3O. The Hall–Kier alpha value is -1.84. The Morgan fingerprint density at radius 1 is 1.50 bits per heavy atom. The van der Waals surface area contributed by atoms with Gasteiger partial charge in [0.05, 0.1) is 5.52 Å². The SMILES string of the molecule is Cc1ccc2c(c1)c(C(N)=O)nn2C. The summed E-state index contributed by atoms with van der Waals surface area (Å²) in [7, 11) is 1.80. The standard InChI is InChI=1S/C10H11N3O/c1-6-3-4-8-7(5-6)9(10(11)14)12-13(8)2/h3-5H,1-2H3,(H2,11,14). The maximum absolute atomic E-state index is 11.1. The highest BCUT2D eigenvalue weighted by molar-refractivity contribution is 6.04. The van der Waals surface area contributed by atoms with Crippen molar-refractivity contribution < 1.29 is 4.79 Å². The van der Waals surface area contributed by atoms with Crippen molar-refractivity contribution in [3.05, 3.63) is 29.5 Å². The summed E-state index contributed by atoms with van der Waals surface area (Å²) in [6.45, 7) is 1.97. The Bertz CT molecular complexity index is 513. The molecule has 0 saturated heterocycles. The monoisotopic (exact) mass is 189 g/mol. The molecule has 0 spiro atoms. The van der Waals surface area contributed by atoms with Crippen LogP contribution in [-0.2, 0) is 7.05 Å². The molecule has 0 fully saturated rings. The van der Waals surface area contributed by atoms with E-state index in [0.29, 0.717) is 5.69 Å². The van der Waals surface area contributed by atoms with E-state index < -0.39 is 5.91 Å². The highest BCUT2D eigenvalue weighted by Gasteiger charge is 2.12. The second-order valence-electron chi connectivity index (χ2n) is 3.36. The normalized spacial score (nSPS) is 10.7. The van der Waals surface area contributed by atoms with Crippen LogP contribution in [0.15, 0.2) is 18.2 Å². The van der Waals surface area contributed by atoms with E-state index in [1.165, 1.54) is 0 Å². The van der Waals surface area contributed by atoms with E-state index in [9.17, 15) is 4.79 Å². The maximum Gasteiger partial charge on any atom is 0.269 e. The van der Waals surface area contributed by atoms with Crippen molar-refractivity contribution in [2.75, 3.05) is 0 Å². The van der Waals surface area contributed by atoms with Gasteiger partial charge < -0.3 is 5.73 Å². The van der Waals surface area contributed by atoms with E-state index >= 15 is 0 Å². The van der Waals surface area contributed by atoms with Gasteiger partial charge in [-0.05, 0) is 19.1 Å². The minimum atomic E-state index is -0.485. The van der Waals surface area contributed by atoms with Gasteiger partial charge in [0.2, 0.25) is 0 Å². The van der Waals surface area contributed by atoms with Gasteiger partial charge in [-0.25, -0.2) is 0 Å². The van der Waals surface area contributed by atoms with Crippen molar-refractivity contribution in [2.45, 2.75) is 6.92 Å². The zero-order valence-electron chi connectivity index (χ0n) is 8.11. The van der Waals surface area contributed by atoms with E-state index in [4.69, 9.17) is 5.73 Å². The van der Waals surface area contributed by atoms with Crippen LogP contribution < -0.4 is 5.73 Å². The summed E-state index contributed by atoms with van der Waals surface area (Å²) in [5, 5.41) is 4.89. The fraction of sp³-hybridized carbons (Fsp3) is 0.200. The summed E-state index contributed by atoms with van der Waals surface area (Å²) < 4.78 is 1.66.